The summed E-state index contributed by atoms with van der Waals surface area (Å²) in [6.45, 7) is 1.48. The van der Waals surface area contributed by atoms with Crippen LogP contribution in [0.3, 0.4) is 0 Å². The number of aromatic nitrogens is 1. The van der Waals surface area contributed by atoms with Gasteiger partial charge in [0, 0.05) is 38.0 Å². The van der Waals surface area contributed by atoms with Crippen LogP contribution in [0.1, 0.15) is 16.8 Å². The van der Waals surface area contributed by atoms with Gasteiger partial charge in [0.25, 0.3) is 0 Å². The first kappa shape index (κ1) is 21.4. The second kappa shape index (κ2) is 8.70. The van der Waals surface area contributed by atoms with Gasteiger partial charge in [-0.2, -0.15) is 9.57 Å². The summed E-state index contributed by atoms with van der Waals surface area (Å²) < 4.78 is 53.8. The minimum absolute atomic E-state index is 0.0222. The predicted octanol–water partition coefficient (Wildman–Crippen LogP) is 3.39. The largest absolute Gasteiger partial charge is 0.345 e. The SMILES string of the molecule is N#Cc1ccccc1S(=O)(=O)N1CCN(c2nc(Cc3ccc(F)c(F)c3)cs2)CC1. The molecule has 0 atom stereocenters. The summed E-state index contributed by atoms with van der Waals surface area (Å²) in [5.74, 6) is -1.77. The molecule has 1 aromatic heterocycles. The highest BCUT2D eigenvalue weighted by Crippen LogP contribution is 2.26. The standard InChI is InChI=1S/C21H18F2N4O2S2/c22-18-6-5-15(12-19(18)23)11-17-14-30-21(25-17)26-7-9-27(10-8-26)31(28,29)20-4-2-1-3-16(20)13-24/h1-6,12,14H,7-11H2. The number of rotatable bonds is 5. The zero-order valence-electron chi connectivity index (χ0n) is 16.3. The maximum absolute atomic E-state index is 13.4. The molecule has 2 heterocycles. The number of sulfonamides is 1. The molecule has 1 saturated heterocycles. The summed E-state index contributed by atoms with van der Waals surface area (Å²) in [5.41, 5.74) is 1.50. The maximum Gasteiger partial charge on any atom is 0.244 e. The summed E-state index contributed by atoms with van der Waals surface area (Å²) in [7, 11) is -3.75. The van der Waals surface area contributed by atoms with E-state index in [-0.39, 0.29) is 23.5 Å². The van der Waals surface area contributed by atoms with Gasteiger partial charge in [-0.15, -0.1) is 11.3 Å². The van der Waals surface area contributed by atoms with Crippen LogP contribution in [0, 0.1) is 23.0 Å². The van der Waals surface area contributed by atoms with Gasteiger partial charge in [-0.05, 0) is 29.8 Å². The van der Waals surface area contributed by atoms with Crippen molar-refractivity contribution in [2.45, 2.75) is 11.3 Å². The van der Waals surface area contributed by atoms with E-state index >= 15 is 0 Å². The predicted molar refractivity (Wildman–Crippen MR) is 113 cm³/mol. The van der Waals surface area contributed by atoms with Crippen LogP contribution in [-0.2, 0) is 16.4 Å². The smallest absolute Gasteiger partial charge is 0.244 e. The van der Waals surface area contributed by atoms with E-state index in [2.05, 4.69) is 4.98 Å². The van der Waals surface area contributed by atoms with Crippen molar-refractivity contribution in [3.05, 3.63) is 76.3 Å². The number of hydrogen-bond donors (Lipinski definition) is 0. The van der Waals surface area contributed by atoms with Crippen LogP contribution >= 0.6 is 11.3 Å². The average Bonchev–Trinajstić information content (AvgIpc) is 3.25. The third-order valence-corrected chi connectivity index (χ3v) is 7.95. The molecule has 2 aromatic carbocycles. The van der Waals surface area contributed by atoms with Crippen LogP contribution in [0.2, 0.25) is 0 Å². The van der Waals surface area contributed by atoms with Gasteiger partial charge >= 0.3 is 0 Å². The van der Waals surface area contributed by atoms with Crippen molar-refractivity contribution in [1.29, 1.82) is 5.26 Å². The van der Waals surface area contributed by atoms with Gasteiger partial charge in [-0.3, -0.25) is 0 Å². The fourth-order valence-electron chi connectivity index (χ4n) is 3.42. The van der Waals surface area contributed by atoms with Crippen molar-refractivity contribution in [3.63, 3.8) is 0 Å². The Balaban J connectivity index is 1.42. The second-order valence-electron chi connectivity index (χ2n) is 7.05. The van der Waals surface area contributed by atoms with Crippen LogP contribution < -0.4 is 4.90 Å². The number of nitrogens with zero attached hydrogens (tertiary/aromatic N) is 4. The first-order valence-corrected chi connectivity index (χ1v) is 11.8. The Kier molecular flexibility index (Phi) is 6.00. The normalized spacial score (nSPS) is 15.1. The van der Waals surface area contributed by atoms with E-state index in [9.17, 15) is 22.5 Å². The molecule has 0 amide bonds. The summed E-state index contributed by atoms with van der Waals surface area (Å²) >= 11 is 1.43. The van der Waals surface area contributed by atoms with Gasteiger partial charge in [-0.25, -0.2) is 22.2 Å². The minimum atomic E-state index is -3.75. The van der Waals surface area contributed by atoms with E-state index in [4.69, 9.17) is 0 Å². The molecule has 31 heavy (non-hydrogen) atoms. The molecular weight excluding hydrogens is 442 g/mol. The third-order valence-electron chi connectivity index (χ3n) is 5.04. The van der Waals surface area contributed by atoms with E-state index < -0.39 is 21.7 Å². The number of halogens is 2. The Bertz CT molecular complexity index is 1250. The number of nitriles is 1. The minimum Gasteiger partial charge on any atom is -0.345 e. The zero-order chi connectivity index (χ0) is 22.0. The molecule has 0 spiro atoms. The topological polar surface area (TPSA) is 77.3 Å². The molecule has 0 aliphatic carbocycles. The highest BCUT2D eigenvalue weighted by molar-refractivity contribution is 7.89. The first-order valence-electron chi connectivity index (χ1n) is 9.51. The second-order valence-corrected chi connectivity index (χ2v) is 9.79. The van der Waals surface area contributed by atoms with E-state index in [1.54, 1.807) is 12.1 Å². The number of thiazole rings is 1. The Hall–Kier alpha value is -2.87. The summed E-state index contributed by atoms with van der Waals surface area (Å²) in [5, 5.41) is 11.8. The lowest BCUT2D eigenvalue weighted by atomic mass is 10.1. The van der Waals surface area contributed by atoms with Crippen LogP contribution in [0.25, 0.3) is 0 Å². The molecule has 6 nitrogen and oxygen atoms in total. The highest BCUT2D eigenvalue weighted by Gasteiger charge is 2.31. The van der Waals surface area contributed by atoms with E-state index in [1.807, 2.05) is 16.3 Å². The van der Waals surface area contributed by atoms with E-state index in [1.165, 1.54) is 33.8 Å². The van der Waals surface area contributed by atoms with Crippen molar-refractivity contribution in [2.75, 3.05) is 31.1 Å². The van der Waals surface area contributed by atoms with Crippen molar-refractivity contribution in [1.82, 2.24) is 9.29 Å². The Morgan fingerprint density at radius 2 is 1.81 bits per heavy atom. The quantitative estimate of drug-likeness (QED) is 0.583. The van der Waals surface area contributed by atoms with Gasteiger partial charge in [0.15, 0.2) is 16.8 Å². The van der Waals surface area contributed by atoms with Crippen molar-refractivity contribution < 1.29 is 17.2 Å². The molecule has 0 N–H and O–H groups in total. The maximum atomic E-state index is 13.4. The zero-order valence-corrected chi connectivity index (χ0v) is 18.0. The highest BCUT2D eigenvalue weighted by atomic mass is 32.2. The van der Waals surface area contributed by atoms with Crippen LogP contribution in [0.4, 0.5) is 13.9 Å². The van der Waals surface area contributed by atoms with E-state index in [0.29, 0.717) is 25.1 Å². The average molecular weight is 461 g/mol. The Morgan fingerprint density at radius 3 is 2.52 bits per heavy atom. The molecular formula is C21H18F2N4O2S2. The number of hydrogen-bond acceptors (Lipinski definition) is 6. The van der Waals surface area contributed by atoms with Crippen molar-refractivity contribution in [3.8, 4) is 6.07 Å². The van der Waals surface area contributed by atoms with Gasteiger partial charge in [0.05, 0.1) is 16.2 Å². The van der Waals surface area contributed by atoms with Crippen molar-refractivity contribution >= 4 is 26.5 Å². The van der Waals surface area contributed by atoms with Gasteiger partial charge < -0.3 is 4.90 Å². The Morgan fingerprint density at radius 1 is 1.06 bits per heavy atom. The number of piperazine rings is 1. The van der Waals surface area contributed by atoms with Gasteiger partial charge in [0.1, 0.15) is 6.07 Å². The summed E-state index contributed by atoms with van der Waals surface area (Å²) in [4.78, 5) is 6.60. The first-order chi connectivity index (χ1) is 14.9. The van der Waals surface area contributed by atoms with Gasteiger partial charge in [0.2, 0.25) is 10.0 Å². The van der Waals surface area contributed by atoms with Crippen molar-refractivity contribution in [2.24, 2.45) is 0 Å². The lowest BCUT2D eigenvalue weighted by Gasteiger charge is -2.33. The van der Waals surface area contributed by atoms with Crippen LogP contribution in [0.15, 0.2) is 52.7 Å². The fraction of sp³-hybridized carbons (Fsp3) is 0.238. The Labute approximate surface area is 183 Å². The van der Waals surface area contributed by atoms with Gasteiger partial charge in [-0.1, -0.05) is 18.2 Å². The third kappa shape index (κ3) is 4.44. The lowest BCUT2D eigenvalue weighted by molar-refractivity contribution is 0.384. The molecule has 0 radical (unpaired) electrons. The summed E-state index contributed by atoms with van der Waals surface area (Å²) in [6, 6.07) is 11.9. The van der Waals surface area contributed by atoms with E-state index in [0.717, 1.165) is 23.0 Å². The van der Waals surface area contributed by atoms with Crippen LogP contribution in [0.5, 0.6) is 0 Å². The molecule has 1 fully saturated rings. The number of anilines is 1. The molecule has 1 aliphatic heterocycles. The fourth-order valence-corrected chi connectivity index (χ4v) is 5.87. The molecule has 0 unspecified atom stereocenters. The lowest BCUT2D eigenvalue weighted by Crippen LogP contribution is -2.48. The number of benzene rings is 2. The molecule has 1 aliphatic rings. The molecule has 3 aromatic rings. The molecule has 160 valence electrons. The van der Waals surface area contributed by atoms with Crippen LogP contribution in [-0.4, -0.2) is 43.9 Å². The monoisotopic (exact) mass is 460 g/mol. The molecule has 4 rings (SSSR count). The summed E-state index contributed by atoms with van der Waals surface area (Å²) in [6.07, 6.45) is 0.382. The molecule has 0 saturated carbocycles. The molecule has 0 bridgehead atoms. The molecule has 10 heteroatoms.